The van der Waals surface area contributed by atoms with Gasteiger partial charge in [0.1, 0.15) is 23.6 Å². The quantitative estimate of drug-likeness (QED) is 0.114. The number of ether oxygens (including phenoxy) is 2. The third kappa shape index (κ3) is 12.2. The van der Waals surface area contributed by atoms with Gasteiger partial charge in [-0.1, -0.05) is 72.1 Å². The van der Waals surface area contributed by atoms with E-state index in [1.165, 1.54) is 14.2 Å². The molecule has 0 saturated heterocycles. The van der Waals surface area contributed by atoms with Crippen LogP contribution in [0.1, 0.15) is 72.9 Å². The topological polar surface area (TPSA) is 116 Å². The maximum atomic E-state index is 9.61. The van der Waals surface area contributed by atoms with Crippen molar-refractivity contribution in [1.82, 2.24) is 9.97 Å². The van der Waals surface area contributed by atoms with E-state index in [0.29, 0.717) is 65.5 Å². The molecule has 0 atom stereocenters. The van der Waals surface area contributed by atoms with Crippen molar-refractivity contribution in [2.24, 2.45) is 0 Å². The average molecular weight is 993 g/mol. The van der Waals surface area contributed by atoms with Gasteiger partial charge < -0.3 is 20.1 Å². The van der Waals surface area contributed by atoms with Crippen molar-refractivity contribution in [3.8, 4) is 47.8 Å². The summed E-state index contributed by atoms with van der Waals surface area (Å²) in [5.74, 6) is 9.88. The van der Waals surface area contributed by atoms with Gasteiger partial charge in [-0.15, -0.1) is 36.3 Å². The van der Waals surface area contributed by atoms with E-state index in [-0.39, 0.29) is 24.0 Å². The van der Waals surface area contributed by atoms with E-state index < -0.39 is 0 Å². The first-order valence-corrected chi connectivity index (χ1v) is 20.0. The average Bonchev–Trinajstić information content (AvgIpc) is 3.21. The number of terminal acetylenes is 1. The monoisotopic (exact) mass is 990 g/mol. The number of aryl methyl sites for hydroxylation is 3. The fourth-order valence-corrected chi connectivity index (χ4v) is 6.65. The minimum absolute atomic E-state index is 0. The molecule has 308 valence electrons. The zero-order valence-electron chi connectivity index (χ0n) is 34.2. The molecule has 0 aliphatic heterocycles. The normalized spacial score (nSPS) is 9.87. The number of benzene rings is 4. The number of hydrogen-bond donors (Lipinski definition) is 2. The van der Waals surface area contributed by atoms with E-state index >= 15 is 0 Å². The Kier molecular flexibility index (Phi) is 19.4. The summed E-state index contributed by atoms with van der Waals surface area (Å²) in [7, 11) is 3.07. The summed E-state index contributed by atoms with van der Waals surface area (Å²) < 4.78 is 10.5. The summed E-state index contributed by atoms with van der Waals surface area (Å²) in [4.78, 5) is 8.83. The van der Waals surface area contributed by atoms with Crippen LogP contribution in [0, 0.1) is 67.6 Å². The lowest BCUT2D eigenvalue weighted by Gasteiger charge is -2.15. The fraction of sp³-hybridized carbons (Fsp3) is 0.234. The van der Waals surface area contributed by atoms with E-state index in [9.17, 15) is 10.5 Å². The number of halogens is 5. The molecule has 0 unspecified atom stereocenters. The molecule has 0 amide bonds. The molecule has 0 aliphatic rings. The van der Waals surface area contributed by atoms with Crippen LogP contribution >= 0.6 is 70.4 Å². The Balaban J connectivity index is 0.000000286. The number of hydrogen-bond acceptors (Lipinski definition) is 8. The highest BCUT2D eigenvalue weighted by molar-refractivity contribution is 14.0. The molecular formula is C47H43Cl4IN6O2. The molecule has 0 radical (unpaired) electrons. The van der Waals surface area contributed by atoms with E-state index in [1.807, 2.05) is 45.0 Å². The zero-order valence-corrected chi connectivity index (χ0v) is 39.6. The summed E-state index contributed by atoms with van der Waals surface area (Å²) in [6, 6.07) is 18.9. The molecule has 8 nitrogen and oxygen atoms in total. The molecule has 0 bridgehead atoms. The van der Waals surface area contributed by atoms with Gasteiger partial charge in [0.2, 0.25) is 0 Å². The number of anilines is 4. The van der Waals surface area contributed by atoms with Crippen molar-refractivity contribution < 1.29 is 9.47 Å². The number of nitriles is 2. The molecule has 0 fully saturated rings. The Morgan fingerprint density at radius 3 is 1.48 bits per heavy atom. The molecule has 2 N–H and O–H groups in total. The number of unbranched alkanes of at least 4 members (excludes halogenated alkanes) is 2. The summed E-state index contributed by atoms with van der Waals surface area (Å²) in [6.45, 7) is 10.2. The predicted molar refractivity (Wildman–Crippen MR) is 261 cm³/mol. The second kappa shape index (κ2) is 23.6. The van der Waals surface area contributed by atoms with Gasteiger partial charge in [-0.2, -0.15) is 10.5 Å². The van der Waals surface area contributed by atoms with Gasteiger partial charge in [-0.3, -0.25) is 9.97 Å². The van der Waals surface area contributed by atoms with Crippen LogP contribution in [-0.2, 0) is 0 Å². The molecule has 6 aromatic rings. The lowest BCUT2D eigenvalue weighted by atomic mass is 10.0. The Labute approximate surface area is 389 Å². The van der Waals surface area contributed by atoms with Crippen LogP contribution in [0.25, 0.3) is 21.8 Å². The Hall–Kier alpha value is -5.11. The Morgan fingerprint density at radius 1 is 0.617 bits per heavy atom. The maximum Gasteiger partial charge on any atom is 0.139 e. The van der Waals surface area contributed by atoms with Crippen molar-refractivity contribution in [3.05, 3.63) is 114 Å². The summed E-state index contributed by atoms with van der Waals surface area (Å²) in [5.41, 5.74) is 9.06. The van der Waals surface area contributed by atoms with Gasteiger partial charge >= 0.3 is 0 Å². The van der Waals surface area contributed by atoms with Crippen LogP contribution in [0.3, 0.4) is 0 Å². The molecule has 2 heterocycles. The first-order valence-electron chi connectivity index (χ1n) is 18.5. The third-order valence-corrected chi connectivity index (χ3v) is 10.1. The molecule has 13 heteroatoms. The number of fused-ring (bicyclic) bond motifs is 2. The third-order valence-electron chi connectivity index (χ3n) is 8.93. The second-order valence-corrected chi connectivity index (χ2v) is 14.8. The van der Waals surface area contributed by atoms with Gasteiger partial charge in [0.05, 0.1) is 79.2 Å². The number of pyridine rings is 2. The van der Waals surface area contributed by atoms with Crippen molar-refractivity contribution in [3.63, 3.8) is 0 Å². The molecule has 6 rings (SSSR count). The minimum atomic E-state index is 0. The highest BCUT2D eigenvalue weighted by Crippen LogP contribution is 2.40. The molecule has 0 spiro atoms. The number of rotatable bonds is 8. The number of nitrogens with zero attached hydrogens (tertiary/aromatic N) is 4. The van der Waals surface area contributed by atoms with Gasteiger partial charge in [-0.25, -0.2) is 0 Å². The number of methoxy groups -OCH3 is 2. The molecule has 60 heavy (non-hydrogen) atoms. The first-order chi connectivity index (χ1) is 28.3. The lowest BCUT2D eigenvalue weighted by Crippen LogP contribution is -1.99. The summed E-state index contributed by atoms with van der Waals surface area (Å²) >= 11 is 24.9. The minimum Gasteiger partial charge on any atom is -0.495 e. The van der Waals surface area contributed by atoms with Crippen molar-refractivity contribution >= 4 is 115 Å². The summed E-state index contributed by atoms with van der Waals surface area (Å²) in [5, 5.41) is 29.0. The predicted octanol–water partition coefficient (Wildman–Crippen LogP) is 14.4. The molecule has 4 aromatic carbocycles. The van der Waals surface area contributed by atoms with Crippen LogP contribution < -0.4 is 20.1 Å². The van der Waals surface area contributed by atoms with Crippen LogP contribution in [0.4, 0.5) is 22.7 Å². The molecule has 0 saturated carbocycles. The first kappa shape index (κ1) is 49.3. The zero-order chi connectivity index (χ0) is 43.2. The van der Waals surface area contributed by atoms with Crippen LogP contribution in [0.2, 0.25) is 20.1 Å². The lowest BCUT2D eigenvalue weighted by molar-refractivity contribution is 0.415. The molecule has 0 aliphatic carbocycles. The highest BCUT2D eigenvalue weighted by Gasteiger charge is 2.16. The highest BCUT2D eigenvalue weighted by atomic mass is 127. The van der Waals surface area contributed by atoms with E-state index in [2.05, 4.69) is 64.3 Å². The van der Waals surface area contributed by atoms with Gasteiger partial charge in [0.25, 0.3) is 0 Å². The molecule has 2 aromatic heterocycles. The SMILES string of the molecule is C#CCCC.CCCC#Cc1cc2ncc(C#N)c(Nc3cc(OC)c(Cl)cc3Cl)c2cc1C.COc1cc(Nc2c(C#N)cnc3cc(C)c(C)cc23)c(Cl)cc1Cl.I. The van der Waals surface area contributed by atoms with E-state index in [0.717, 1.165) is 69.7 Å². The molecular weight excluding hydrogens is 949 g/mol. The Morgan fingerprint density at radius 2 is 1.07 bits per heavy atom. The van der Waals surface area contributed by atoms with Crippen LogP contribution in [0.15, 0.2) is 60.9 Å². The van der Waals surface area contributed by atoms with Gasteiger partial charge in [0.15, 0.2) is 0 Å². The second-order valence-electron chi connectivity index (χ2n) is 13.1. The van der Waals surface area contributed by atoms with Gasteiger partial charge in [-0.05, 0) is 86.7 Å². The fourth-order valence-electron chi connectivity index (χ4n) is 5.63. The van der Waals surface area contributed by atoms with Crippen LogP contribution in [-0.4, -0.2) is 24.2 Å². The number of nitrogens with one attached hydrogen (secondary N) is 2. The van der Waals surface area contributed by atoms with E-state index in [1.54, 1.807) is 36.7 Å². The van der Waals surface area contributed by atoms with E-state index in [4.69, 9.17) is 62.3 Å². The standard InChI is InChI=1S/C23H19Cl2N3O.C19H15Cl2N3O.C5H8.HI/c1-4-5-6-7-15-9-20-17(8-14(15)2)23(16(12-26)13-27-20)28-21-11-22(29-3)19(25)10-18(21)24;1-10-4-13-16(5-11(10)2)23-9-12(8-22)19(13)24-17-7-18(25-3)15(21)6-14(17)20;1-3-5-4-2;/h8-11,13H,4-5H2,1-3H3,(H,27,28);4-7,9H,1-3H3,(H,23,24);1H,4-5H2,2H3;1H. The van der Waals surface area contributed by atoms with Gasteiger partial charge in [0, 0.05) is 53.7 Å². The Bertz CT molecular complexity index is 2710. The largest absolute Gasteiger partial charge is 0.495 e. The smallest absolute Gasteiger partial charge is 0.139 e. The van der Waals surface area contributed by atoms with Crippen molar-refractivity contribution in [2.45, 2.75) is 60.3 Å². The van der Waals surface area contributed by atoms with Crippen LogP contribution in [0.5, 0.6) is 11.5 Å². The maximum absolute atomic E-state index is 9.61. The number of aromatic nitrogens is 2. The summed E-state index contributed by atoms with van der Waals surface area (Å²) in [6.07, 6.45) is 11.9. The van der Waals surface area contributed by atoms with Crippen molar-refractivity contribution in [1.29, 1.82) is 10.5 Å². The van der Waals surface area contributed by atoms with Crippen molar-refractivity contribution in [2.75, 3.05) is 24.9 Å².